The molecule has 2 aromatic rings. The molecule has 7 heteroatoms. The van der Waals surface area contributed by atoms with Crippen molar-refractivity contribution in [3.63, 3.8) is 0 Å². The molecular formula is C21H24F3N3O. The fourth-order valence-electron chi connectivity index (χ4n) is 3.23. The van der Waals surface area contributed by atoms with Crippen LogP contribution in [0.3, 0.4) is 0 Å². The van der Waals surface area contributed by atoms with Crippen molar-refractivity contribution in [1.29, 1.82) is 0 Å². The quantitative estimate of drug-likeness (QED) is 0.825. The van der Waals surface area contributed by atoms with E-state index in [4.69, 9.17) is 0 Å². The SMILES string of the molecule is Cc1ccc(C)c(NC(=O)N2CCN(Cc3ccc(C(F)(F)F)cc3)CC2)c1. The number of halogens is 3. The lowest BCUT2D eigenvalue weighted by Crippen LogP contribution is -2.49. The number of alkyl halides is 3. The highest BCUT2D eigenvalue weighted by Gasteiger charge is 2.30. The Labute approximate surface area is 162 Å². The summed E-state index contributed by atoms with van der Waals surface area (Å²) < 4.78 is 37.9. The van der Waals surface area contributed by atoms with Crippen molar-refractivity contribution < 1.29 is 18.0 Å². The number of carbonyl (C=O) groups is 1. The summed E-state index contributed by atoms with van der Waals surface area (Å²) in [6, 6.07) is 11.1. The Hall–Kier alpha value is -2.54. The first-order valence-electron chi connectivity index (χ1n) is 9.24. The molecule has 3 rings (SSSR count). The molecular weight excluding hydrogens is 367 g/mol. The summed E-state index contributed by atoms with van der Waals surface area (Å²) in [5, 5.41) is 2.97. The maximum Gasteiger partial charge on any atom is 0.416 e. The van der Waals surface area contributed by atoms with Crippen LogP contribution in [0, 0.1) is 13.8 Å². The third kappa shape index (κ3) is 5.04. The molecule has 0 unspecified atom stereocenters. The van der Waals surface area contributed by atoms with Gasteiger partial charge < -0.3 is 10.2 Å². The molecule has 0 aliphatic carbocycles. The van der Waals surface area contributed by atoms with Crippen LogP contribution in [-0.2, 0) is 12.7 Å². The van der Waals surface area contributed by atoms with Crippen LogP contribution in [0.15, 0.2) is 42.5 Å². The van der Waals surface area contributed by atoms with E-state index in [-0.39, 0.29) is 6.03 Å². The summed E-state index contributed by atoms with van der Waals surface area (Å²) in [5.41, 5.74) is 3.12. The summed E-state index contributed by atoms with van der Waals surface area (Å²) in [5.74, 6) is 0. The van der Waals surface area contributed by atoms with Gasteiger partial charge in [0.15, 0.2) is 0 Å². The van der Waals surface area contributed by atoms with Crippen LogP contribution in [0.2, 0.25) is 0 Å². The number of carbonyl (C=O) groups excluding carboxylic acids is 1. The number of hydrogen-bond donors (Lipinski definition) is 1. The largest absolute Gasteiger partial charge is 0.416 e. The Morgan fingerprint density at radius 3 is 2.25 bits per heavy atom. The van der Waals surface area contributed by atoms with Gasteiger partial charge in [-0.25, -0.2) is 4.79 Å². The molecule has 0 saturated carbocycles. The van der Waals surface area contributed by atoms with Crippen LogP contribution in [0.4, 0.5) is 23.7 Å². The smallest absolute Gasteiger partial charge is 0.322 e. The molecule has 4 nitrogen and oxygen atoms in total. The van der Waals surface area contributed by atoms with E-state index >= 15 is 0 Å². The van der Waals surface area contributed by atoms with Gasteiger partial charge in [0.05, 0.1) is 5.56 Å². The predicted molar refractivity (Wildman–Crippen MR) is 103 cm³/mol. The molecule has 1 fully saturated rings. The average molecular weight is 391 g/mol. The van der Waals surface area contributed by atoms with E-state index in [1.807, 2.05) is 32.0 Å². The number of urea groups is 1. The van der Waals surface area contributed by atoms with Crippen molar-refractivity contribution in [2.24, 2.45) is 0 Å². The van der Waals surface area contributed by atoms with Crippen LogP contribution in [0.25, 0.3) is 0 Å². The van der Waals surface area contributed by atoms with E-state index in [0.29, 0.717) is 32.7 Å². The minimum absolute atomic E-state index is 0.122. The van der Waals surface area contributed by atoms with E-state index in [1.54, 1.807) is 4.90 Å². The molecule has 28 heavy (non-hydrogen) atoms. The van der Waals surface area contributed by atoms with Crippen LogP contribution < -0.4 is 5.32 Å². The number of anilines is 1. The fraction of sp³-hybridized carbons (Fsp3) is 0.381. The van der Waals surface area contributed by atoms with Gasteiger partial charge in [0.2, 0.25) is 0 Å². The molecule has 1 aliphatic rings. The van der Waals surface area contributed by atoms with Gasteiger partial charge in [-0.05, 0) is 48.7 Å². The topological polar surface area (TPSA) is 35.6 Å². The lowest BCUT2D eigenvalue weighted by molar-refractivity contribution is -0.137. The van der Waals surface area contributed by atoms with E-state index in [1.165, 1.54) is 12.1 Å². The second-order valence-corrected chi connectivity index (χ2v) is 7.21. The number of rotatable bonds is 3. The highest BCUT2D eigenvalue weighted by Crippen LogP contribution is 2.29. The first-order chi connectivity index (χ1) is 13.2. The molecule has 0 atom stereocenters. The Kier molecular flexibility index (Phi) is 5.93. The van der Waals surface area contributed by atoms with E-state index < -0.39 is 11.7 Å². The van der Waals surface area contributed by atoms with Crippen molar-refractivity contribution in [2.45, 2.75) is 26.6 Å². The summed E-state index contributed by atoms with van der Waals surface area (Å²) in [6.07, 6.45) is -4.31. The number of aryl methyl sites for hydroxylation is 2. The molecule has 2 amide bonds. The molecule has 1 saturated heterocycles. The number of nitrogens with zero attached hydrogens (tertiary/aromatic N) is 2. The molecule has 1 N–H and O–H groups in total. The van der Waals surface area contributed by atoms with Gasteiger partial charge in [0, 0.05) is 38.4 Å². The lowest BCUT2D eigenvalue weighted by atomic mass is 10.1. The second kappa shape index (κ2) is 8.22. The normalized spacial score (nSPS) is 15.5. The monoisotopic (exact) mass is 391 g/mol. The van der Waals surface area contributed by atoms with Crippen molar-refractivity contribution in [3.05, 3.63) is 64.7 Å². The van der Waals surface area contributed by atoms with Gasteiger partial charge in [0.1, 0.15) is 0 Å². The maximum atomic E-state index is 12.6. The van der Waals surface area contributed by atoms with Crippen molar-refractivity contribution in [3.8, 4) is 0 Å². The highest BCUT2D eigenvalue weighted by molar-refractivity contribution is 5.90. The van der Waals surface area contributed by atoms with Crippen LogP contribution in [0.1, 0.15) is 22.3 Å². The number of amides is 2. The molecule has 0 bridgehead atoms. The minimum atomic E-state index is -4.31. The van der Waals surface area contributed by atoms with E-state index in [2.05, 4.69) is 10.2 Å². The first-order valence-corrected chi connectivity index (χ1v) is 9.24. The van der Waals surface area contributed by atoms with Crippen LogP contribution >= 0.6 is 0 Å². The predicted octanol–water partition coefficient (Wildman–Crippen LogP) is 4.67. The fourth-order valence-corrected chi connectivity index (χ4v) is 3.23. The maximum absolute atomic E-state index is 12.6. The molecule has 1 aliphatic heterocycles. The number of nitrogens with one attached hydrogen (secondary N) is 1. The Morgan fingerprint density at radius 1 is 1.00 bits per heavy atom. The van der Waals surface area contributed by atoms with Gasteiger partial charge in [0.25, 0.3) is 0 Å². The summed E-state index contributed by atoms with van der Waals surface area (Å²) >= 11 is 0. The molecule has 0 radical (unpaired) electrons. The third-order valence-electron chi connectivity index (χ3n) is 4.98. The van der Waals surface area contributed by atoms with E-state index in [9.17, 15) is 18.0 Å². The molecule has 150 valence electrons. The number of piperazine rings is 1. The second-order valence-electron chi connectivity index (χ2n) is 7.21. The van der Waals surface area contributed by atoms with Gasteiger partial charge >= 0.3 is 12.2 Å². The van der Waals surface area contributed by atoms with E-state index in [0.717, 1.165) is 34.5 Å². The summed E-state index contributed by atoms with van der Waals surface area (Å²) in [6.45, 7) is 7.04. The molecule has 2 aromatic carbocycles. The van der Waals surface area contributed by atoms with Gasteiger partial charge in [-0.2, -0.15) is 13.2 Å². The Bertz CT molecular complexity index is 826. The van der Waals surface area contributed by atoms with Gasteiger partial charge in [-0.15, -0.1) is 0 Å². The number of hydrogen-bond acceptors (Lipinski definition) is 2. The van der Waals surface area contributed by atoms with Crippen molar-refractivity contribution in [2.75, 3.05) is 31.5 Å². The summed E-state index contributed by atoms with van der Waals surface area (Å²) in [7, 11) is 0. The summed E-state index contributed by atoms with van der Waals surface area (Å²) in [4.78, 5) is 16.4. The highest BCUT2D eigenvalue weighted by atomic mass is 19.4. The zero-order valence-electron chi connectivity index (χ0n) is 16.0. The zero-order valence-corrected chi connectivity index (χ0v) is 16.0. The van der Waals surface area contributed by atoms with Gasteiger partial charge in [-0.1, -0.05) is 24.3 Å². The zero-order chi connectivity index (χ0) is 20.3. The number of benzene rings is 2. The van der Waals surface area contributed by atoms with Crippen molar-refractivity contribution >= 4 is 11.7 Å². The van der Waals surface area contributed by atoms with Crippen molar-refractivity contribution in [1.82, 2.24) is 9.80 Å². The molecule has 1 heterocycles. The van der Waals surface area contributed by atoms with Crippen LogP contribution in [0.5, 0.6) is 0 Å². The molecule has 0 spiro atoms. The van der Waals surface area contributed by atoms with Crippen LogP contribution in [-0.4, -0.2) is 42.0 Å². The van der Waals surface area contributed by atoms with Gasteiger partial charge in [-0.3, -0.25) is 4.90 Å². The minimum Gasteiger partial charge on any atom is -0.322 e. The average Bonchev–Trinajstić information content (AvgIpc) is 2.65. The molecule has 0 aromatic heterocycles. The Balaban J connectivity index is 1.51. The third-order valence-corrected chi connectivity index (χ3v) is 4.98. The standard InChI is InChI=1S/C21H24F3N3O/c1-15-3-4-16(2)19(13-15)25-20(28)27-11-9-26(10-12-27)14-17-5-7-18(8-6-17)21(22,23)24/h3-8,13H,9-12,14H2,1-2H3,(H,25,28). The Morgan fingerprint density at radius 2 is 1.64 bits per heavy atom. The lowest BCUT2D eigenvalue weighted by Gasteiger charge is -2.34. The first kappa shape index (κ1) is 20.2.